The number of amides is 1. The second kappa shape index (κ2) is 8.81. The van der Waals surface area contributed by atoms with Crippen LogP contribution in [0.5, 0.6) is 5.75 Å². The molecule has 1 aromatic rings. The number of carbonyl (C=O) groups is 1. The third-order valence-corrected chi connectivity index (χ3v) is 3.35. The normalized spacial score (nSPS) is 10.3. The number of nitrogens with zero attached hydrogens (tertiary/aromatic N) is 1. The van der Waals surface area contributed by atoms with E-state index in [0.29, 0.717) is 12.3 Å². The molecule has 0 aliphatic carbocycles. The van der Waals surface area contributed by atoms with Gasteiger partial charge in [0.25, 0.3) is 0 Å². The maximum absolute atomic E-state index is 12.1. The van der Waals surface area contributed by atoms with E-state index in [4.69, 9.17) is 16.3 Å². The third kappa shape index (κ3) is 5.52. The van der Waals surface area contributed by atoms with Gasteiger partial charge in [-0.25, -0.2) is 0 Å². The topological polar surface area (TPSA) is 29.5 Å². The number of halogens is 1. The highest BCUT2D eigenvalue weighted by atomic mass is 35.5. The average molecular weight is 284 g/mol. The molecule has 0 N–H and O–H groups in total. The molecular weight excluding hydrogens is 262 g/mol. The Balaban J connectivity index is 2.45. The Bertz CT molecular complexity index is 395. The molecule has 0 spiro atoms. The van der Waals surface area contributed by atoms with Gasteiger partial charge in [0.05, 0.1) is 13.5 Å². The van der Waals surface area contributed by atoms with Crippen LogP contribution < -0.4 is 4.74 Å². The molecular formula is C15H22ClNO2. The van der Waals surface area contributed by atoms with E-state index in [0.717, 1.165) is 37.1 Å². The van der Waals surface area contributed by atoms with Crippen molar-refractivity contribution in [2.75, 3.05) is 26.6 Å². The van der Waals surface area contributed by atoms with Gasteiger partial charge in [-0.1, -0.05) is 24.6 Å². The van der Waals surface area contributed by atoms with Crippen molar-refractivity contribution in [2.45, 2.75) is 25.7 Å². The molecule has 1 amide bonds. The first-order chi connectivity index (χ1) is 9.19. The SMILES string of the molecule is COc1ccccc1CC(=O)N(C)CCCCCCl. The molecule has 19 heavy (non-hydrogen) atoms. The lowest BCUT2D eigenvalue weighted by molar-refractivity contribution is -0.129. The van der Waals surface area contributed by atoms with Gasteiger partial charge >= 0.3 is 0 Å². The largest absolute Gasteiger partial charge is 0.496 e. The number of unbranched alkanes of at least 4 members (excludes halogenated alkanes) is 2. The van der Waals surface area contributed by atoms with Gasteiger partial charge in [-0.3, -0.25) is 4.79 Å². The van der Waals surface area contributed by atoms with Crippen LogP contribution in [0.4, 0.5) is 0 Å². The fraction of sp³-hybridized carbons (Fsp3) is 0.533. The molecule has 0 aromatic heterocycles. The van der Waals surface area contributed by atoms with Crippen LogP contribution >= 0.6 is 11.6 Å². The van der Waals surface area contributed by atoms with Crippen LogP contribution in [0.3, 0.4) is 0 Å². The first kappa shape index (κ1) is 15.8. The fourth-order valence-electron chi connectivity index (χ4n) is 1.89. The number of carbonyl (C=O) groups excluding carboxylic acids is 1. The minimum absolute atomic E-state index is 0.121. The van der Waals surface area contributed by atoms with E-state index in [9.17, 15) is 4.79 Å². The first-order valence-corrected chi connectivity index (χ1v) is 7.14. The number of benzene rings is 1. The van der Waals surface area contributed by atoms with Gasteiger partial charge in [0, 0.05) is 25.0 Å². The van der Waals surface area contributed by atoms with Crippen molar-refractivity contribution in [3.8, 4) is 5.75 Å². The summed E-state index contributed by atoms with van der Waals surface area (Å²) < 4.78 is 5.25. The predicted octanol–water partition coefficient (Wildman–Crippen LogP) is 3.11. The minimum atomic E-state index is 0.121. The smallest absolute Gasteiger partial charge is 0.226 e. The minimum Gasteiger partial charge on any atom is -0.496 e. The quantitative estimate of drug-likeness (QED) is 0.542. The third-order valence-electron chi connectivity index (χ3n) is 3.09. The van der Waals surface area contributed by atoms with Gasteiger partial charge in [-0.15, -0.1) is 11.6 Å². The number of alkyl halides is 1. The Hall–Kier alpha value is -1.22. The van der Waals surface area contributed by atoms with Crippen LogP contribution in [0.15, 0.2) is 24.3 Å². The molecule has 0 heterocycles. The maximum atomic E-state index is 12.1. The Morgan fingerprint density at radius 2 is 2.00 bits per heavy atom. The average Bonchev–Trinajstić information content (AvgIpc) is 2.44. The highest BCUT2D eigenvalue weighted by Crippen LogP contribution is 2.18. The number of likely N-dealkylation sites (N-methyl/N-ethyl adjacent to an activating group) is 1. The highest BCUT2D eigenvalue weighted by molar-refractivity contribution is 6.17. The zero-order valence-electron chi connectivity index (χ0n) is 11.7. The van der Waals surface area contributed by atoms with Gasteiger partial charge in [0.2, 0.25) is 5.91 Å². The van der Waals surface area contributed by atoms with E-state index < -0.39 is 0 Å². The molecule has 106 valence electrons. The fourth-order valence-corrected chi connectivity index (χ4v) is 2.08. The molecule has 0 aliphatic rings. The summed E-state index contributed by atoms with van der Waals surface area (Å²) in [6, 6.07) is 7.63. The van der Waals surface area contributed by atoms with Crippen LogP contribution in [-0.2, 0) is 11.2 Å². The number of ether oxygens (including phenoxy) is 1. The van der Waals surface area contributed by atoms with Gasteiger partial charge < -0.3 is 9.64 Å². The summed E-state index contributed by atoms with van der Waals surface area (Å²) in [6.45, 7) is 0.783. The lowest BCUT2D eigenvalue weighted by Gasteiger charge is -2.17. The summed E-state index contributed by atoms with van der Waals surface area (Å²) >= 11 is 5.63. The first-order valence-electron chi connectivity index (χ1n) is 6.61. The Morgan fingerprint density at radius 3 is 2.68 bits per heavy atom. The highest BCUT2D eigenvalue weighted by Gasteiger charge is 2.12. The number of hydrogen-bond acceptors (Lipinski definition) is 2. The van der Waals surface area contributed by atoms with Crippen molar-refractivity contribution in [3.63, 3.8) is 0 Å². The van der Waals surface area contributed by atoms with Gasteiger partial charge in [-0.2, -0.15) is 0 Å². The maximum Gasteiger partial charge on any atom is 0.226 e. The van der Waals surface area contributed by atoms with Crippen LogP contribution in [0.25, 0.3) is 0 Å². The second-order valence-corrected chi connectivity index (χ2v) is 4.93. The van der Waals surface area contributed by atoms with E-state index >= 15 is 0 Å². The van der Waals surface area contributed by atoms with Gasteiger partial charge in [-0.05, 0) is 18.9 Å². The predicted molar refractivity (Wildman–Crippen MR) is 78.9 cm³/mol. The van der Waals surface area contributed by atoms with E-state index in [1.807, 2.05) is 31.3 Å². The Labute approximate surface area is 120 Å². The summed E-state index contributed by atoms with van der Waals surface area (Å²) in [7, 11) is 3.47. The van der Waals surface area contributed by atoms with Crippen molar-refractivity contribution in [3.05, 3.63) is 29.8 Å². The number of rotatable bonds is 8. The zero-order valence-corrected chi connectivity index (χ0v) is 12.4. The molecule has 0 saturated heterocycles. The van der Waals surface area contributed by atoms with Crippen molar-refractivity contribution in [1.29, 1.82) is 0 Å². The van der Waals surface area contributed by atoms with E-state index in [2.05, 4.69) is 0 Å². The number of methoxy groups -OCH3 is 1. The van der Waals surface area contributed by atoms with Gasteiger partial charge in [0.1, 0.15) is 5.75 Å². The summed E-state index contributed by atoms with van der Waals surface area (Å²) in [5.74, 6) is 1.58. The van der Waals surface area contributed by atoms with Crippen LogP contribution in [-0.4, -0.2) is 37.4 Å². The molecule has 0 unspecified atom stereocenters. The summed E-state index contributed by atoms with van der Waals surface area (Å²) in [4.78, 5) is 13.9. The van der Waals surface area contributed by atoms with Crippen molar-refractivity contribution >= 4 is 17.5 Å². The molecule has 0 bridgehead atoms. The van der Waals surface area contributed by atoms with Crippen molar-refractivity contribution in [2.24, 2.45) is 0 Å². The molecule has 0 atom stereocenters. The Kier molecular flexibility index (Phi) is 7.34. The standard InChI is InChI=1S/C15H22ClNO2/c1-17(11-7-3-6-10-16)15(18)12-13-8-4-5-9-14(13)19-2/h4-5,8-9H,3,6-7,10-12H2,1-2H3. The van der Waals surface area contributed by atoms with Crippen LogP contribution in [0.2, 0.25) is 0 Å². The van der Waals surface area contributed by atoms with Crippen molar-refractivity contribution < 1.29 is 9.53 Å². The Morgan fingerprint density at radius 1 is 1.26 bits per heavy atom. The molecule has 0 saturated carbocycles. The lowest BCUT2D eigenvalue weighted by atomic mass is 10.1. The summed E-state index contributed by atoms with van der Waals surface area (Å²) in [5, 5.41) is 0. The van der Waals surface area contributed by atoms with E-state index in [1.54, 1.807) is 12.0 Å². The van der Waals surface area contributed by atoms with Crippen LogP contribution in [0, 0.1) is 0 Å². The summed E-state index contributed by atoms with van der Waals surface area (Å²) in [5.41, 5.74) is 0.933. The number of hydrogen-bond donors (Lipinski definition) is 0. The molecule has 0 radical (unpaired) electrons. The molecule has 0 aliphatic heterocycles. The molecule has 4 heteroatoms. The monoisotopic (exact) mass is 283 g/mol. The van der Waals surface area contributed by atoms with Crippen molar-refractivity contribution in [1.82, 2.24) is 4.90 Å². The van der Waals surface area contributed by atoms with E-state index in [1.165, 1.54) is 0 Å². The molecule has 0 fully saturated rings. The number of para-hydroxylation sites is 1. The van der Waals surface area contributed by atoms with Crippen LogP contribution in [0.1, 0.15) is 24.8 Å². The summed E-state index contributed by atoms with van der Waals surface area (Å²) in [6.07, 6.45) is 3.46. The van der Waals surface area contributed by atoms with E-state index in [-0.39, 0.29) is 5.91 Å². The second-order valence-electron chi connectivity index (χ2n) is 4.55. The van der Waals surface area contributed by atoms with Gasteiger partial charge in [0.15, 0.2) is 0 Å². The molecule has 3 nitrogen and oxygen atoms in total. The lowest BCUT2D eigenvalue weighted by Crippen LogP contribution is -2.29. The molecule has 1 rings (SSSR count). The zero-order chi connectivity index (χ0) is 14.1. The molecule has 1 aromatic carbocycles.